The van der Waals surface area contributed by atoms with Crippen molar-refractivity contribution >= 4 is 11.6 Å². The van der Waals surface area contributed by atoms with Crippen molar-refractivity contribution in [3.05, 3.63) is 29.8 Å². The predicted molar refractivity (Wildman–Crippen MR) is 63.9 cm³/mol. The molecule has 0 radical (unpaired) electrons. The van der Waals surface area contributed by atoms with Crippen molar-refractivity contribution in [2.45, 2.75) is 26.1 Å². The second-order valence-corrected chi connectivity index (χ2v) is 5.49. The summed E-state index contributed by atoms with van der Waals surface area (Å²) in [6.07, 6.45) is -4.64. The molecular weight excluding hydrogens is 265 g/mol. The van der Waals surface area contributed by atoms with E-state index in [-0.39, 0.29) is 11.2 Å². The molecule has 100 valence electrons. The van der Waals surface area contributed by atoms with E-state index in [1.165, 1.54) is 12.1 Å². The molecule has 5 heteroatoms. The summed E-state index contributed by atoms with van der Waals surface area (Å²) in [5, 5.41) is 0. The highest BCUT2D eigenvalue weighted by atomic mass is 35.5. The molecule has 1 nitrogen and oxygen atoms in total. The highest BCUT2D eigenvalue weighted by Gasteiger charge is 2.57. The average molecular weight is 279 g/mol. The van der Waals surface area contributed by atoms with Gasteiger partial charge < -0.3 is 4.74 Å². The SMILES string of the molecule is CC1(C)C(CCl)C1c1ccc(OC(F)(F)F)cc1. The molecule has 0 spiro atoms. The molecule has 1 aromatic carbocycles. The highest BCUT2D eigenvalue weighted by Crippen LogP contribution is 2.64. The van der Waals surface area contributed by atoms with Crippen LogP contribution < -0.4 is 4.74 Å². The van der Waals surface area contributed by atoms with E-state index in [0.29, 0.717) is 17.7 Å². The van der Waals surface area contributed by atoms with E-state index in [0.717, 1.165) is 5.56 Å². The van der Waals surface area contributed by atoms with Gasteiger partial charge >= 0.3 is 6.36 Å². The lowest BCUT2D eigenvalue weighted by atomic mass is 10.0. The summed E-state index contributed by atoms with van der Waals surface area (Å²) < 4.78 is 39.9. The number of benzene rings is 1. The zero-order chi connectivity index (χ0) is 13.6. The Morgan fingerprint density at radius 3 is 2.17 bits per heavy atom. The minimum Gasteiger partial charge on any atom is -0.406 e. The van der Waals surface area contributed by atoms with E-state index in [1.807, 2.05) is 0 Å². The summed E-state index contributed by atoms with van der Waals surface area (Å²) in [5.74, 6) is 1.08. The van der Waals surface area contributed by atoms with Crippen molar-refractivity contribution in [2.24, 2.45) is 11.3 Å². The maximum Gasteiger partial charge on any atom is 0.573 e. The zero-order valence-electron chi connectivity index (χ0n) is 10.1. The maximum atomic E-state index is 12.0. The van der Waals surface area contributed by atoms with Gasteiger partial charge in [-0.2, -0.15) is 0 Å². The quantitative estimate of drug-likeness (QED) is 0.736. The Morgan fingerprint density at radius 2 is 1.78 bits per heavy atom. The number of halogens is 4. The number of rotatable bonds is 3. The molecule has 2 rings (SSSR count). The van der Waals surface area contributed by atoms with Crippen LogP contribution in [0.1, 0.15) is 25.3 Å². The summed E-state index contributed by atoms with van der Waals surface area (Å²) in [6.45, 7) is 4.23. The van der Waals surface area contributed by atoms with Crippen LogP contribution in [0.25, 0.3) is 0 Å². The van der Waals surface area contributed by atoms with Gasteiger partial charge in [0, 0.05) is 5.88 Å². The molecule has 0 N–H and O–H groups in total. The molecule has 0 heterocycles. The Morgan fingerprint density at radius 1 is 1.22 bits per heavy atom. The van der Waals surface area contributed by atoms with Crippen molar-refractivity contribution in [1.82, 2.24) is 0 Å². The Bertz CT molecular complexity index is 425. The van der Waals surface area contributed by atoms with Gasteiger partial charge in [0.2, 0.25) is 0 Å². The molecule has 0 bridgehead atoms. The minimum atomic E-state index is -4.64. The molecule has 0 aliphatic heterocycles. The van der Waals surface area contributed by atoms with Crippen LogP contribution in [0.15, 0.2) is 24.3 Å². The van der Waals surface area contributed by atoms with Gasteiger partial charge in [-0.05, 0) is 34.9 Å². The van der Waals surface area contributed by atoms with Crippen molar-refractivity contribution in [3.8, 4) is 5.75 Å². The Hall–Kier alpha value is -0.900. The second kappa shape index (κ2) is 4.34. The van der Waals surface area contributed by atoms with Gasteiger partial charge in [0.1, 0.15) is 5.75 Å². The molecule has 1 aliphatic carbocycles. The summed E-state index contributed by atoms with van der Waals surface area (Å²) in [5.41, 5.74) is 1.13. The van der Waals surface area contributed by atoms with E-state index in [9.17, 15) is 13.2 Å². The van der Waals surface area contributed by atoms with Gasteiger partial charge in [-0.1, -0.05) is 26.0 Å². The van der Waals surface area contributed by atoms with Crippen LogP contribution in [0, 0.1) is 11.3 Å². The first-order valence-electron chi connectivity index (χ1n) is 5.67. The van der Waals surface area contributed by atoms with Gasteiger partial charge in [-0.3, -0.25) is 0 Å². The Kier molecular flexibility index (Phi) is 3.26. The van der Waals surface area contributed by atoms with E-state index in [2.05, 4.69) is 18.6 Å². The fourth-order valence-electron chi connectivity index (χ4n) is 2.57. The van der Waals surface area contributed by atoms with Crippen LogP contribution >= 0.6 is 11.6 Å². The lowest BCUT2D eigenvalue weighted by Crippen LogP contribution is -2.17. The fraction of sp³-hybridized carbons (Fsp3) is 0.538. The number of hydrogen-bond acceptors (Lipinski definition) is 1. The first-order valence-corrected chi connectivity index (χ1v) is 6.21. The summed E-state index contributed by atoms with van der Waals surface area (Å²) >= 11 is 5.87. The lowest BCUT2D eigenvalue weighted by molar-refractivity contribution is -0.274. The predicted octanol–water partition coefficient (Wildman–Crippen LogP) is 4.56. The molecule has 1 saturated carbocycles. The van der Waals surface area contributed by atoms with Crippen LogP contribution in [0.3, 0.4) is 0 Å². The third kappa shape index (κ3) is 2.58. The third-order valence-corrected chi connectivity index (χ3v) is 4.02. The second-order valence-electron chi connectivity index (χ2n) is 5.18. The third-order valence-electron chi connectivity index (χ3n) is 3.69. The number of hydrogen-bond donors (Lipinski definition) is 0. The summed E-state index contributed by atoms with van der Waals surface area (Å²) in [6, 6.07) is 6.06. The zero-order valence-corrected chi connectivity index (χ0v) is 10.8. The molecule has 0 amide bonds. The summed E-state index contributed by atoms with van der Waals surface area (Å²) in [4.78, 5) is 0. The molecule has 18 heavy (non-hydrogen) atoms. The maximum absolute atomic E-state index is 12.0. The Balaban J connectivity index is 2.10. The van der Waals surface area contributed by atoms with Gasteiger partial charge in [0.15, 0.2) is 0 Å². The van der Waals surface area contributed by atoms with E-state index in [4.69, 9.17) is 11.6 Å². The highest BCUT2D eigenvalue weighted by molar-refractivity contribution is 6.18. The van der Waals surface area contributed by atoms with Crippen molar-refractivity contribution in [1.29, 1.82) is 0 Å². The molecule has 0 aromatic heterocycles. The normalized spacial score (nSPS) is 25.9. The van der Waals surface area contributed by atoms with Crippen LogP contribution in [-0.2, 0) is 0 Å². The number of ether oxygens (including phenoxy) is 1. The van der Waals surface area contributed by atoms with Crippen LogP contribution in [0.2, 0.25) is 0 Å². The molecule has 1 aliphatic rings. The van der Waals surface area contributed by atoms with Gasteiger partial charge in [-0.15, -0.1) is 24.8 Å². The molecular formula is C13H14ClF3O. The standard InChI is InChI=1S/C13H14ClF3O/c1-12(2)10(7-14)11(12)8-3-5-9(6-4-8)18-13(15,16)17/h3-6,10-11H,7H2,1-2H3. The van der Waals surface area contributed by atoms with Crippen molar-refractivity contribution < 1.29 is 17.9 Å². The van der Waals surface area contributed by atoms with E-state index < -0.39 is 6.36 Å². The van der Waals surface area contributed by atoms with Gasteiger partial charge in [0.05, 0.1) is 0 Å². The first-order chi connectivity index (χ1) is 8.25. The van der Waals surface area contributed by atoms with Gasteiger partial charge in [0.25, 0.3) is 0 Å². The van der Waals surface area contributed by atoms with Crippen molar-refractivity contribution in [3.63, 3.8) is 0 Å². The lowest BCUT2D eigenvalue weighted by Gasteiger charge is -2.09. The summed E-state index contributed by atoms with van der Waals surface area (Å²) in [7, 11) is 0. The monoisotopic (exact) mass is 278 g/mol. The van der Waals surface area contributed by atoms with E-state index >= 15 is 0 Å². The van der Waals surface area contributed by atoms with Gasteiger partial charge in [-0.25, -0.2) is 0 Å². The molecule has 1 aromatic rings. The first kappa shape index (κ1) is 13.5. The number of alkyl halides is 4. The van der Waals surface area contributed by atoms with Crippen LogP contribution in [0.4, 0.5) is 13.2 Å². The van der Waals surface area contributed by atoms with E-state index in [1.54, 1.807) is 12.1 Å². The minimum absolute atomic E-state index is 0.119. The molecule has 1 fully saturated rings. The van der Waals surface area contributed by atoms with Crippen LogP contribution in [-0.4, -0.2) is 12.2 Å². The average Bonchev–Trinajstić information content (AvgIpc) is 2.79. The fourth-order valence-corrected chi connectivity index (χ4v) is 3.15. The van der Waals surface area contributed by atoms with Crippen LogP contribution in [0.5, 0.6) is 5.75 Å². The largest absolute Gasteiger partial charge is 0.573 e. The van der Waals surface area contributed by atoms with Crippen molar-refractivity contribution in [2.75, 3.05) is 5.88 Å². The topological polar surface area (TPSA) is 9.23 Å². The Labute approximate surface area is 109 Å². The molecule has 2 unspecified atom stereocenters. The smallest absolute Gasteiger partial charge is 0.406 e. The molecule has 2 atom stereocenters. The molecule has 0 saturated heterocycles.